The highest BCUT2D eigenvalue weighted by molar-refractivity contribution is 8.02. The topological polar surface area (TPSA) is 0 Å². The first-order valence-electron chi connectivity index (χ1n) is 6.90. The van der Waals surface area contributed by atoms with E-state index in [0.29, 0.717) is 17.0 Å². The molecule has 0 aliphatic carbocycles. The minimum Gasteiger partial charge on any atom is -0.239 e. The van der Waals surface area contributed by atoms with Gasteiger partial charge in [-0.25, -0.2) is 4.39 Å². The predicted octanol–water partition coefficient (Wildman–Crippen LogP) is 6.61. The second-order valence-electron chi connectivity index (χ2n) is 5.02. The molecule has 0 spiro atoms. The Kier molecular flexibility index (Phi) is 5.49. The van der Waals surface area contributed by atoms with E-state index >= 15 is 0 Å². The first kappa shape index (κ1) is 16.1. The minimum absolute atomic E-state index is 0.427. The molecule has 0 aromatic heterocycles. The average molecular weight is 321 g/mol. The molecule has 0 saturated heterocycles. The Morgan fingerprint density at radius 1 is 1.14 bits per heavy atom. The van der Waals surface area contributed by atoms with E-state index in [0.717, 1.165) is 10.5 Å². The molecular weight excluding hydrogens is 303 g/mol. The van der Waals surface area contributed by atoms with Crippen molar-refractivity contribution in [2.24, 2.45) is 0 Å². The number of allylic oxidation sites excluding steroid dienone is 1. The maximum absolute atomic E-state index is 14.9. The van der Waals surface area contributed by atoms with Crippen molar-refractivity contribution >= 4 is 28.9 Å². The van der Waals surface area contributed by atoms with Gasteiger partial charge in [0.15, 0.2) is 0 Å². The highest BCUT2D eigenvalue weighted by atomic mass is 35.5. The molecule has 1 unspecified atom stereocenters. The maximum atomic E-state index is 14.9. The van der Waals surface area contributed by atoms with Crippen LogP contribution in [0.4, 0.5) is 4.39 Å². The molecule has 0 aliphatic rings. The highest BCUT2D eigenvalue weighted by Gasteiger charge is 2.27. The van der Waals surface area contributed by atoms with Gasteiger partial charge in [0.1, 0.15) is 5.67 Å². The second-order valence-corrected chi connectivity index (χ2v) is 6.40. The summed E-state index contributed by atoms with van der Waals surface area (Å²) in [6, 6.07) is 17.3. The van der Waals surface area contributed by atoms with Crippen LogP contribution in [0.15, 0.2) is 64.9 Å². The van der Waals surface area contributed by atoms with Gasteiger partial charge < -0.3 is 0 Å². The fraction of sp³-hybridized carbons (Fsp3) is 0.222. The third-order valence-corrected chi connectivity index (χ3v) is 4.59. The van der Waals surface area contributed by atoms with Crippen molar-refractivity contribution in [3.8, 4) is 0 Å². The normalized spacial score (nSPS) is 14.8. The molecule has 1 atom stereocenters. The van der Waals surface area contributed by atoms with Crippen LogP contribution in [0.5, 0.6) is 0 Å². The number of rotatable bonds is 5. The Morgan fingerprint density at radius 3 is 2.33 bits per heavy atom. The van der Waals surface area contributed by atoms with Gasteiger partial charge in [-0.1, -0.05) is 60.6 Å². The lowest BCUT2D eigenvalue weighted by molar-refractivity contribution is 0.263. The van der Waals surface area contributed by atoms with Crippen molar-refractivity contribution in [1.82, 2.24) is 0 Å². The Hall–Kier alpha value is -1.25. The summed E-state index contributed by atoms with van der Waals surface area (Å²) in [7, 11) is 0. The van der Waals surface area contributed by atoms with Gasteiger partial charge in [0.05, 0.1) is 0 Å². The van der Waals surface area contributed by atoms with Crippen LogP contribution in [0, 0.1) is 0 Å². The van der Waals surface area contributed by atoms with E-state index in [1.807, 2.05) is 54.8 Å². The molecule has 0 heterocycles. The molecule has 110 valence electrons. The first-order valence-corrected chi connectivity index (χ1v) is 8.16. The molecule has 2 aromatic carbocycles. The largest absolute Gasteiger partial charge is 0.239 e. The van der Waals surface area contributed by atoms with Gasteiger partial charge in [0.2, 0.25) is 0 Å². The van der Waals surface area contributed by atoms with Gasteiger partial charge in [0.25, 0.3) is 0 Å². The summed E-state index contributed by atoms with van der Waals surface area (Å²) in [6.45, 7) is 3.48. The molecule has 21 heavy (non-hydrogen) atoms. The summed E-state index contributed by atoms with van der Waals surface area (Å²) >= 11 is 7.45. The monoisotopic (exact) mass is 320 g/mol. The van der Waals surface area contributed by atoms with Crippen LogP contribution in [0.25, 0.3) is 5.57 Å². The fourth-order valence-corrected chi connectivity index (χ4v) is 3.01. The minimum atomic E-state index is -1.37. The molecule has 2 rings (SSSR count). The quantitative estimate of drug-likeness (QED) is 0.558. The van der Waals surface area contributed by atoms with E-state index in [-0.39, 0.29) is 0 Å². The zero-order valence-electron chi connectivity index (χ0n) is 12.1. The van der Waals surface area contributed by atoms with Crippen molar-refractivity contribution in [3.05, 3.63) is 70.6 Å². The molecule has 0 N–H and O–H groups in total. The predicted molar refractivity (Wildman–Crippen MR) is 91.5 cm³/mol. The Balaban J connectivity index is 2.34. The van der Waals surface area contributed by atoms with Gasteiger partial charge in [-0.3, -0.25) is 0 Å². The number of hydrogen-bond acceptors (Lipinski definition) is 1. The lowest BCUT2D eigenvalue weighted by atomic mass is 9.90. The summed E-state index contributed by atoms with van der Waals surface area (Å²) in [6.07, 6.45) is 0.427. The number of thioether (sulfide) groups is 1. The van der Waals surface area contributed by atoms with Gasteiger partial charge in [-0.05, 0) is 48.6 Å². The van der Waals surface area contributed by atoms with E-state index in [9.17, 15) is 4.39 Å². The molecule has 3 heteroatoms. The average Bonchev–Trinajstić information content (AvgIpc) is 2.50. The standard InChI is InChI=1S/C18H18ClFS/c1-3-18(2,20)17(14-9-11-15(19)12-10-14)13-21-16-7-5-4-6-8-16/h4-13H,3H2,1-2H3. The van der Waals surface area contributed by atoms with E-state index in [1.54, 1.807) is 19.1 Å². The van der Waals surface area contributed by atoms with Crippen LogP contribution in [0.2, 0.25) is 5.02 Å². The fourth-order valence-electron chi connectivity index (χ4n) is 1.94. The molecule has 0 fully saturated rings. The number of hydrogen-bond donors (Lipinski definition) is 0. The molecular formula is C18H18ClFS. The smallest absolute Gasteiger partial charge is 0.134 e. The lowest BCUT2D eigenvalue weighted by Crippen LogP contribution is -2.18. The molecule has 0 aliphatic heterocycles. The Morgan fingerprint density at radius 2 is 1.76 bits per heavy atom. The van der Waals surface area contributed by atoms with E-state index < -0.39 is 5.67 Å². The van der Waals surface area contributed by atoms with Gasteiger partial charge in [-0.15, -0.1) is 0 Å². The van der Waals surface area contributed by atoms with Crippen LogP contribution >= 0.6 is 23.4 Å². The van der Waals surface area contributed by atoms with Crippen molar-refractivity contribution in [1.29, 1.82) is 0 Å². The first-order chi connectivity index (χ1) is 10.0. The lowest BCUT2D eigenvalue weighted by Gasteiger charge is -2.23. The summed E-state index contributed by atoms with van der Waals surface area (Å²) < 4.78 is 14.9. The second kappa shape index (κ2) is 7.15. The van der Waals surface area contributed by atoms with Crippen LogP contribution in [0.3, 0.4) is 0 Å². The molecule has 0 nitrogen and oxygen atoms in total. The molecule has 0 radical (unpaired) electrons. The molecule has 0 bridgehead atoms. The van der Waals surface area contributed by atoms with Gasteiger partial charge >= 0.3 is 0 Å². The van der Waals surface area contributed by atoms with E-state index in [1.165, 1.54) is 11.8 Å². The summed E-state index contributed by atoms with van der Waals surface area (Å²) in [5, 5.41) is 2.56. The zero-order valence-corrected chi connectivity index (χ0v) is 13.7. The Bertz CT molecular complexity index is 603. The Labute approximate surface area is 135 Å². The van der Waals surface area contributed by atoms with Crippen molar-refractivity contribution in [2.45, 2.75) is 30.8 Å². The van der Waals surface area contributed by atoms with E-state index in [2.05, 4.69) is 0 Å². The third-order valence-electron chi connectivity index (χ3n) is 3.44. The molecule has 0 amide bonds. The van der Waals surface area contributed by atoms with Crippen LogP contribution in [-0.2, 0) is 0 Å². The number of halogens is 2. The zero-order chi connectivity index (χ0) is 15.3. The third kappa shape index (κ3) is 4.36. The van der Waals surface area contributed by atoms with Gasteiger partial charge in [0, 0.05) is 15.5 Å². The highest BCUT2D eigenvalue weighted by Crippen LogP contribution is 2.37. The molecule has 0 saturated carbocycles. The summed E-state index contributed by atoms with van der Waals surface area (Å²) in [5.41, 5.74) is 0.195. The van der Waals surface area contributed by atoms with Crippen molar-refractivity contribution < 1.29 is 4.39 Å². The van der Waals surface area contributed by atoms with E-state index in [4.69, 9.17) is 11.6 Å². The van der Waals surface area contributed by atoms with Crippen LogP contribution < -0.4 is 0 Å². The number of benzene rings is 2. The SMILES string of the molecule is CCC(C)(F)C(=CSc1ccccc1)c1ccc(Cl)cc1. The van der Waals surface area contributed by atoms with Crippen molar-refractivity contribution in [3.63, 3.8) is 0 Å². The van der Waals surface area contributed by atoms with Crippen LogP contribution in [-0.4, -0.2) is 5.67 Å². The molecule has 2 aromatic rings. The summed E-state index contributed by atoms with van der Waals surface area (Å²) in [4.78, 5) is 1.09. The maximum Gasteiger partial charge on any atom is 0.134 e. The van der Waals surface area contributed by atoms with Crippen LogP contribution in [0.1, 0.15) is 25.8 Å². The number of alkyl halides is 1. The van der Waals surface area contributed by atoms with Gasteiger partial charge in [-0.2, -0.15) is 0 Å². The van der Waals surface area contributed by atoms with Crippen molar-refractivity contribution in [2.75, 3.05) is 0 Å². The summed E-state index contributed by atoms with van der Waals surface area (Å²) in [5.74, 6) is 0.